The van der Waals surface area contributed by atoms with Crippen molar-refractivity contribution in [3.8, 4) is 11.5 Å². The van der Waals surface area contributed by atoms with Crippen LogP contribution >= 0.6 is 0 Å². The van der Waals surface area contributed by atoms with Gasteiger partial charge in [-0.15, -0.1) is 0 Å². The number of Topliss-reactive ketones (excluding diaryl/α,β-unsaturated/α-hetero) is 1. The summed E-state index contributed by atoms with van der Waals surface area (Å²) in [5.41, 5.74) is 2.16. The van der Waals surface area contributed by atoms with Crippen LogP contribution in [0, 0.1) is 0 Å². The van der Waals surface area contributed by atoms with Crippen molar-refractivity contribution in [3.05, 3.63) is 101 Å². The quantitative estimate of drug-likeness (QED) is 0.351. The molecule has 1 aliphatic rings. The summed E-state index contributed by atoms with van der Waals surface area (Å²) < 4.78 is 5.23. The van der Waals surface area contributed by atoms with Gasteiger partial charge in [0.2, 0.25) is 0 Å². The number of likely N-dealkylation sites (tertiary alicyclic amines) is 1. The number of rotatable bonds is 6. The summed E-state index contributed by atoms with van der Waals surface area (Å²) in [6.45, 7) is 0.275. The molecule has 0 saturated carbocycles. The highest BCUT2D eigenvalue weighted by Gasteiger charge is 2.45. The normalized spacial score (nSPS) is 17.5. The first-order valence-electron chi connectivity index (χ1n) is 10.3. The Hall–Kier alpha value is -4.06. The van der Waals surface area contributed by atoms with Gasteiger partial charge < -0.3 is 19.8 Å². The van der Waals surface area contributed by atoms with Crippen LogP contribution in [0.1, 0.15) is 22.7 Å². The van der Waals surface area contributed by atoms with Crippen molar-refractivity contribution >= 4 is 17.4 Å². The molecule has 3 aromatic rings. The Labute approximate surface area is 186 Å². The zero-order chi connectivity index (χ0) is 22.7. The molecule has 1 heterocycles. The number of phenols is 1. The number of nitrogens with zero attached hydrogens (tertiary/aromatic N) is 1. The Morgan fingerprint density at radius 2 is 1.59 bits per heavy atom. The lowest BCUT2D eigenvalue weighted by molar-refractivity contribution is -0.139. The van der Waals surface area contributed by atoms with Crippen LogP contribution in [0.2, 0.25) is 0 Å². The standard InChI is InChI=1S/C26H23NO5/c1-32-21-13-9-18(10-14-21)23-22(24(29)19-5-3-2-4-6-19)25(30)26(31)27(23)16-15-17-7-11-20(28)12-8-17/h2-14,23,28-29H,15-16H2,1H3/t23-/m1/s1. The van der Waals surface area contributed by atoms with E-state index in [2.05, 4.69) is 0 Å². The number of methoxy groups -OCH3 is 1. The predicted molar refractivity (Wildman–Crippen MR) is 120 cm³/mol. The van der Waals surface area contributed by atoms with E-state index in [1.807, 2.05) is 6.07 Å². The lowest BCUT2D eigenvalue weighted by Gasteiger charge is -2.25. The van der Waals surface area contributed by atoms with Crippen LogP contribution in [-0.4, -0.2) is 40.5 Å². The van der Waals surface area contributed by atoms with Crippen molar-refractivity contribution in [1.82, 2.24) is 4.90 Å². The van der Waals surface area contributed by atoms with Gasteiger partial charge in [0.05, 0.1) is 18.7 Å². The minimum Gasteiger partial charge on any atom is -0.508 e. The highest BCUT2D eigenvalue weighted by atomic mass is 16.5. The molecule has 4 rings (SSSR count). The fourth-order valence-corrected chi connectivity index (χ4v) is 3.91. The van der Waals surface area contributed by atoms with E-state index in [4.69, 9.17) is 4.74 Å². The highest BCUT2D eigenvalue weighted by Crippen LogP contribution is 2.39. The van der Waals surface area contributed by atoms with E-state index in [0.717, 1.165) is 5.56 Å². The van der Waals surface area contributed by atoms with Crippen LogP contribution in [0.5, 0.6) is 11.5 Å². The summed E-state index contributed by atoms with van der Waals surface area (Å²) in [5, 5.41) is 20.5. The molecule has 162 valence electrons. The zero-order valence-corrected chi connectivity index (χ0v) is 17.6. The molecule has 6 heteroatoms. The Bertz CT molecular complexity index is 1150. The number of phenolic OH excluding ortho intramolecular Hbond substituents is 1. The molecule has 1 fully saturated rings. The summed E-state index contributed by atoms with van der Waals surface area (Å²) in [4.78, 5) is 27.5. The third-order valence-corrected chi connectivity index (χ3v) is 5.60. The Morgan fingerprint density at radius 3 is 2.22 bits per heavy atom. The highest BCUT2D eigenvalue weighted by molar-refractivity contribution is 6.46. The molecule has 0 bridgehead atoms. The molecule has 1 amide bonds. The van der Waals surface area contributed by atoms with Gasteiger partial charge in [0.15, 0.2) is 0 Å². The second kappa shape index (κ2) is 8.98. The monoisotopic (exact) mass is 429 g/mol. The van der Waals surface area contributed by atoms with E-state index in [-0.39, 0.29) is 23.6 Å². The molecule has 1 saturated heterocycles. The summed E-state index contributed by atoms with van der Waals surface area (Å²) in [7, 11) is 1.56. The molecular formula is C26H23NO5. The Balaban J connectivity index is 1.75. The molecule has 0 aromatic heterocycles. The molecule has 0 aliphatic carbocycles. The number of aliphatic hydroxyl groups excluding tert-OH is 1. The van der Waals surface area contributed by atoms with Crippen LogP contribution < -0.4 is 4.74 Å². The number of hydrogen-bond donors (Lipinski definition) is 2. The third-order valence-electron chi connectivity index (χ3n) is 5.60. The molecule has 0 unspecified atom stereocenters. The van der Waals surface area contributed by atoms with Gasteiger partial charge in [-0.3, -0.25) is 9.59 Å². The smallest absolute Gasteiger partial charge is 0.295 e. The lowest BCUT2D eigenvalue weighted by Crippen LogP contribution is -2.31. The first-order valence-corrected chi connectivity index (χ1v) is 10.3. The molecule has 0 radical (unpaired) electrons. The number of hydrogen-bond acceptors (Lipinski definition) is 5. The first kappa shape index (κ1) is 21.2. The Morgan fingerprint density at radius 1 is 0.938 bits per heavy atom. The van der Waals surface area contributed by atoms with Crippen LogP contribution in [0.4, 0.5) is 0 Å². The maximum atomic E-state index is 13.0. The predicted octanol–water partition coefficient (Wildman–Crippen LogP) is 4.07. The van der Waals surface area contributed by atoms with Crippen LogP contribution in [-0.2, 0) is 16.0 Å². The summed E-state index contributed by atoms with van der Waals surface area (Å²) >= 11 is 0. The van der Waals surface area contributed by atoms with Gasteiger partial charge in [0, 0.05) is 12.1 Å². The fraction of sp³-hybridized carbons (Fsp3) is 0.154. The first-order chi connectivity index (χ1) is 15.5. The number of aromatic hydroxyl groups is 1. The molecule has 1 aliphatic heterocycles. The van der Waals surface area contributed by atoms with Crippen LogP contribution in [0.25, 0.3) is 5.76 Å². The molecule has 2 N–H and O–H groups in total. The number of benzene rings is 3. The maximum Gasteiger partial charge on any atom is 0.295 e. The number of ether oxygens (including phenoxy) is 1. The van der Waals surface area contributed by atoms with E-state index >= 15 is 0 Å². The van der Waals surface area contributed by atoms with Crippen molar-refractivity contribution in [3.63, 3.8) is 0 Å². The maximum absolute atomic E-state index is 13.0. The number of amides is 1. The average molecular weight is 429 g/mol. The molecule has 1 atom stereocenters. The second-order valence-electron chi connectivity index (χ2n) is 7.55. The van der Waals surface area contributed by atoms with Crippen molar-refractivity contribution < 1.29 is 24.5 Å². The van der Waals surface area contributed by atoms with Gasteiger partial charge in [0.1, 0.15) is 17.3 Å². The van der Waals surface area contributed by atoms with E-state index in [9.17, 15) is 19.8 Å². The number of carbonyl (C=O) groups excluding carboxylic acids is 2. The Kier molecular flexibility index (Phi) is 5.94. The van der Waals surface area contributed by atoms with Gasteiger partial charge in [0.25, 0.3) is 11.7 Å². The lowest BCUT2D eigenvalue weighted by atomic mass is 9.95. The third kappa shape index (κ3) is 4.07. The number of carbonyl (C=O) groups is 2. The average Bonchev–Trinajstić information content (AvgIpc) is 3.08. The summed E-state index contributed by atoms with van der Waals surface area (Å²) in [5.74, 6) is -0.745. The SMILES string of the molecule is COc1ccc([C@@H]2C(=C(O)c3ccccc3)C(=O)C(=O)N2CCc2ccc(O)cc2)cc1. The van der Waals surface area contributed by atoms with Crippen LogP contribution in [0.15, 0.2) is 84.4 Å². The fourth-order valence-electron chi connectivity index (χ4n) is 3.91. The van der Waals surface area contributed by atoms with Gasteiger partial charge in [-0.1, -0.05) is 54.6 Å². The van der Waals surface area contributed by atoms with Crippen molar-refractivity contribution in [2.75, 3.05) is 13.7 Å². The summed E-state index contributed by atoms with van der Waals surface area (Å²) in [6, 6.07) is 21.8. The zero-order valence-electron chi connectivity index (χ0n) is 17.6. The minimum absolute atomic E-state index is 0.0667. The summed E-state index contributed by atoms with van der Waals surface area (Å²) in [6.07, 6.45) is 0.491. The minimum atomic E-state index is -0.724. The number of aliphatic hydroxyl groups is 1. The van der Waals surface area contributed by atoms with Crippen molar-refractivity contribution in [1.29, 1.82) is 0 Å². The molecule has 3 aromatic carbocycles. The van der Waals surface area contributed by atoms with Crippen molar-refractivity contribution in [2.45, 2.75) is 12.5 Å². The van der Waals surface area contributed by atoms with E-state index < -0.39 is 17.7 Å². The van der Waals surface area contributed by atoms with Gasteiger partial charge in [-0.25, -0.2) is 0 Å². The van der Waals surface area contributed by atoms with Crippen LogP contribution in [0.3, 0.4) is 0 Å². The molecule has 0 spiro atoms. The number of ketones is 1. The van der Waals surface area contributed by atoms with Gasteiger partial charge in [-0.05, 0) is 41.8 Å². The van der Waals surface area contributed by atoms with Gasteiger partial charge >= 0.3 is 0 Å². The van der Waals surface area contributed by atoms with E-state index in [1.165, 1.54) is 4.90 Å². The molecular weight excluding hydrogens is 406 g/mol. The second-order valence-corrected chi connectivity index (χ2v) is 7.55. The van der Waals surface area contributed by atoms with E-state index in [0.29, 0.717) is 23.3 Å². The van der Waals surface area contributed by atoms with Gasteiger partial charge in [-0.2, -0.15) is 0 Å². The molecule has 32 heavy (non-hydrogen) atoms. The molecule has 6 nitrogen and oxygen atoms in total. The largest absolute Gasteiger partial charge is 0.508 e. The van der Waals surface area contributed by atoms with Crippen molar-refractivity contribution in [2.24, 2.45) is 0 Å². The topological polar surface area (TPSA) is 87.1 Å². The van der Waals surface area contributed by atoms with E-state index in [1.54, 1.807) is 79.9 Å².